The summed E-state index contributed by atoms with van der Waals surface area (Å²) in [5.41, 5.74) is 0.611. The number of fused-ring (bicyclic) bond motifs is 1. The molecule has 146 valence electrons. The molecule has 2 aromatic heterocycles. The zero-order valence-electron chi connectivity index (χ0n) is 15.6. The Morgan fingerprint density at radius 2 is 1.86 bits per heavy atom. The van der Waals surface area contributed by atoms with Crippen LogP contribution in [0.15, 0.2) is 46.6 Å². The summed E-state index contributed by atoms with van der Waals surface area (Å²) < 4.78 is 1.54. The number of likely N-dealkylation sites (tertiary alicyclic amines) is 1. The van der Waals surface area contributed by atoms with Crippen LogP contribution < -0.4 is 16.2 Å². The summed E-state index contributed by atoms with van der Waals surface area (Å²) in [6.45, 7) is 3.79. The van der Waals surface area contributed by atoms with Crippen LogP contribution in [-0.2, 0) is 13.1 Å². The maximum absolute atomic E-state index is 12.8. The molecule has 2 amide bonds. The number of nitrogens with one attached hydrogen (secondary N) is 2. The summed E-state index contributed by atoms with van der Waals surface area (Å²) in [4.78, 5) is 27.3. The molecule has 3 heterocycles. The van der Waals surface area contributed by atoms with Crippen molar-refractivity contribution < 1.29 is 4.79 Å². The van der Waals surface area contributed by atoms with Crippen LogP contribution in [0.5, 0.6) is 0 Å². The molecule has 0 aliphatic carbocycles. The molecule has 4 rings (SSSR count). The molecule has 3 aromatic rings. The molecule has 7 nitrogen and oxygen atoms in total. The second-order valence-corrected chi connectivity index (χ2v) is 7.80. The number of urea groups is 1. The van der Waals surface area contributed by atoms with Gasteiger partial charge in [0.1, 0.15) is 0 Å². The third-order valence-electron chi connectivity index (χ3n) is 4.95. The van der Waals surface area contributed by atoms with E-state index in [0.29, 0.717) is 17.6 Å². The molecular weight excluding hydrogens is 374 g/mol. The van der Waals surface area contributed by atoms with Crippen LogP contribution in [0.3, 0.4) is 0 Å². The molecule has 2 N–H and O–H groups in total. The molecule has 0 radical (unpaired) electrons. The monoisotopic (exact) mass is 397 g/mol. The molecule has 1 fully saturated rings. The third kappa shape index (κ3) is 4.23. The van der Waals surface area contributed by atoms with Crippen molar-refractivity contribution in [2.75, 3.05) is 25.0 Å². The lowest BCUT2D eigenvalue weighted by Crippen LogP contribution is -2.33. The molecule has 28 heavy (non-hydrogen) atoms. The highest BCUT2D eigenvalue weighted by molar-refractivity contribution is 7.14. The number of anilines is 1. The number of amides is 2. The first-order valence-corrected chi connectivity index (χ1v) is 10.4. The van der Waals surface area contributed by atoms with Crippen LogP contribution in [0.1, 0.15) is 18.5 Å². The van der Waals surface area contributed by atoms with Gasteiger partial charge in [-0.25, -0.2) is 9.48 Å². The Bertz CT molecular complexity index is 1010. The lowest BCUT2D eigenvalue weighted by Gasteiger charge is -2.16. The van der Waals surface area contributed by atoms with Crippen LogP contribution in [-0.4, -0.2) is 40.3 Å². The van der Waals surface area contributed by atoms with Crippen LogP contribution in [0.2, 0.25) is 0 Å². The molecule has 8 heteroatoms. The summed E-state index contributed by atoms with van der Waals surface area (Å²) >= 11 is 1.46. The van der Waals surface area contributed by atoms with E-state index in [1.165, 1.54) is 28.9 Å². The van der Waals surface area contributed by atoms with Gasteiger partial charge in [0, 0.05) is 11.9 Å². The minimum absolute atomic E-state index is 0.0819. The molecule has 1 aliphatic rings. The van der Waals surface area contributed by atoms with E-state index in [2.05, 4.69) is 20.6 Å². The van der Waals surface area contributed by atoms with E-state index in [4.69, 9.17) is 0 Å². The number of benzene rings is 1. The Hall–Kier alpha value is -2.71. The van der Waals surface area contributed by atoms with Crippen molar-refractivity contribution in [3.8, 4) is 0 Å². The molecule has 0 atom stereocenters. The topological polar surface area (TPSA) is 79.3 Å². The molecule has 1 aromatic carbocycles. The number of thiophene rings is 1. The number of hydrogen-bond acceptors (Lipinski definition) is 5. The van der Waals surface area contributed by atoms with Crippen molar-refractivity contribution in [2.45, 2.75) is 25.9 Å². The predicted octanol–water partition coefficient (Wildman–Crippen LogP) is 2.88. The van der Waals surface area contributed by atoms with Gasteiger partial charge in [-0.05, 0) is 49.5 Å². The van der Waals surface area contributed by atoms with E-state index >= 15 is 0 Å². The Kier molecular flexibility index (Phi) is 5.68. The average molecular weight is 398 g/mol. The highest BCUT2D eigenvalue weighted by Crippen LogP contribution is 2.16. The van der Waals surface area contributed by atoms with E-state index < -0.39 is 0 Å². The van der Waals surface area contributed by atoms with Crippen LogP contribution in [0, 0.1) is 0 Å². The molecular formula is C20H23N5O2S. The summed E-state index contributed by atoms with van der Waals surface area (Å²) in [6, 6.07) is 10.9. The molecule has 0 saturated carbocycles. The molecule has 0 spiro atoms. The van der Waals surface area contributed by atoms with Crippen molar-refractivity contribution in [1.82, 2.24) is 20.0 Å². The first kappa shape index (κ1) is 18.6. The summed E-state index contributed by atoms with van der Waals surface area (Å²) in [5, 5.41) is 14.3. The van der Waals surface area contributed by atoms with Crippen molar-refractivity contribution in [1.29, 1.82) is 0 Å². The van der Waals surface area contributed by atoms with Gasteiger partial charge < -0.3 is 10.2 Å². The highest BCUT2D eigenvalue weighted by Gasteiger charge is 2.14. The van der Waals surface area contributed by atoms with Gasteiger partial charge in [-0.3, -0.25) is 10.1 Å². The van der Waals surface area contributed by atoms with E-state index in [1.807, 2.05) is 41.8 Å². The van der Waals surface area contributed by atoms with Crippen molar-refractivity contribution in [3.63, 3.8) is 0 Å². The normalized spacial score (nSPS) is 14.4. The lowest BCUT2D eigenvalue weighted by atomic mass is 10.1. The zero-order valence-corrected chi connectivity index (χ0v) is 16.4. The number of aromatic nitrogens is 2. The Labute approximate surface area is 167 Å². The summed E-state index contributed by atoms with van der Waals surface area (Å²) in [6.07, 6.45) is 2.43. The molecule has 1 aliphatic heterocycles. The van der Waals surface area contributed by atoms with E-state index in [-0.39, 0.29) is 18.1 Å². The summed E-state index contributed by atoms with van der Waals surface area (Å²) in [7, 11) is 0. The Morgan fingerprint density at radius 1 is 1.07 bits per heavy atom. The summed E-state index contributed by atoms with van der Waals surface area (Å²) in [5.74, 6) is 0. The zero-order chi connectivity index (χ0) is 19.3. The van der Waals surface area contributed by atoms with Gasteiger partial charge in [0.15, 0.2) is 0 Å². The number of carbonyl (C=O) groups is 1. The first-order chi connectivity index (χ1) is 13.7. The van der Waals surface area contributed by atoms with Gasteiger partial charge in [-0.15, -0.1) is 11.3 Å². The minimum atomic E-state index is -0.289. The third-order valence-corrected chi connectivity index (χ3v) is 5.73. The van der Waals surface area contributed by atoms with Gasteiger partial charge in [-0.2, -0.15) is 5.10 Å². The number of rotatable bonds is 6. The standard InChI is InChI=1S/C20H23N5O2S/c26-19-16-7-2-1-6-15(16)17(14-21-20(27)22-18-8-5-13-28-18)23-25(19)12-11-24-9-3-4-10-24/h1-2,5-8,13H,3-4,9-12,14H2,(H2,21,22,27). The van der Waals surface area contributed by atoms with E-state index in [0.717, 1.165) is 30.0 Å². The smallest absolute Gasteiger partial charge is 0.320 e. The van der Waals surface area contributed by atoms with Crippen molar-refractivity contribution >= 4 is 33.1 Å². The fraction of sp³-hybridized carbons (Fsp3) is 0.350. The largest absolute Gasteiger partial charge is 0.332 e. The van der Waals surface area contributed by atoms with Crippen LogP contribution in [0.4, 0.5) is 9.80 Å². The van der Waals surface area contributed by atoms with Gasteiger partial charge >= 0.3 is 6.03 Å². The maximum Gasteiger partial charge on any atom is 0.320 e. The SMILES string of the molecule is O=C(NCc1nn(CCN2CCCC2)c(=O)c2ccccc12)Nc1cccs1. The molecule has 0 unspecified atom stereocenters. The predicted molar refractivity (Wildman–Crippen MR) is 112 cm³/mol. The van der Waals surface area contributed by atoms with Crippen LogP contribution in [0.25, 0.3) is 10.8 Å². The van der Waals surface area contributed by atoms with Gasteiger partial charge in [-0.1, -0.05) is 18.2 Å². The Balaban J connectivity index is 1.52. The van der Waals surface area contributed by atoms with E-state index in [1.54, 1.807) is 0 Å². The average Bonchev–Trinajstić information content (AvgIpc) is 3.41. The molecule has 1 saturated heterocycles. The number of nitrogens with zero attached hydrogens (tertiary/aromatic N) is 3. The number of hydrogen-bond donors (Lipinski definition) is 2. The second kappa shape index (κ2) is 8.53. The van der Waals surface area contributed by atoms with Crippen molar-refractivity contribution in [2.24, 2.45) is 0 Å². The fourth-order valence-electron chi connectivity index (χ4n) is 3.50. The van der Waals surface area contributed by atoms with Gasteiger partial charge in [0.25, 0.3) is 5.56 Å². The number of carbonyl (C=O) groups excluding carboxylic acids is 1. The van der Waals surface area contributed by atoms with Gasteiger partial charge in [0.05, 0.1) is 29.2 Å². The highest BCUT2D eigenvalue weighted by atomic mass is 32.1. The van der Waals surface area contributed by atoms with Crippen molar-refractivity contribution in [3.05, 3.63) is 57.8 Å². The maximum atomic E-state index is 12.8. The van der Waals surface area contributed by atoms with E-state index in [9.17, 15) is 9.59 Å². The van der Waals surface area contributed by atoms with Gasteiger partial charge in [0.2, 0.25) is 0 Å². The minimum Gasteiger partial charge on any atom is -0.332 e. The quantitative estimate of drug-likeness (QED) is 0.670. The van der Waals surface area contributed by atoms with Crippen LogP contribution >= 0.6 is 11.3 Å². The molecule has 0 bridgehead atoms. The first-order valence-electron chi connectivity index (χ1n) is 9.50. The second-order valence-electron chi connectivity index (χ2n) is 6.85. The lowest BCUT2D eigenvalue weighted by molar-refractivity contribution is 0.251. The Morgan fingerprint density at radius 3 is 2.61 bits per heavy atom. The fourth-order valence-corrected chi connectivity index (χ4v) is 4.11.